The molecule has 7 aromatic carbocycles. The topological polar surface area (TPSA) is 9.72 Å². The normalized spacial score (nSPS) is 25.0. The van der Waals surface area contributed by atoms with Crippen molar-refractivity contribution in [3.8, 4) is 11.1 Å². The third-order valence-electron chi connectivity index (χ3n) is 26.0. The van der Waals surface area contributed by atoms with Crippen molar-refractivity contribution in [3.63, 3.8) is 0 Å². The molecule has 1 fully saturated rings. The highest BCUT2D eigenvalue weighted by molar-refractivity contribution is 7.00. The van der Waals surface area contributed by atoms with Gasteiger partial charge in [-0.3, -0.25) is 0 Å². The number of hydrogen-bond acceptors (Lipinski definition) is 3. The summed E-state index contributed by atoms with van der Waals surface area (Å²) in [6.45, 7) is 55.1. The van der Waals surface area contributed by atoms with Crippen LogP contribution in [0.2, 0.25) is 0 Å². The molecule has 5 aliphatic carbocycles. The van der Waals surface area contributed by atoms with Crippen LogP contribution in [-0.2, 0) is 55.2 Å². The minimum Gasteiger partial charge on any atom is -0.334 e. The second-order valence-electron chi connectivity index (χ2n) is 37.5. The lowest BCUT2D eigenvalue weighted by atomic mass is 9.32. The first kappa shape index (κ1) is 60.3. The van der Waals surface area contributed by atoms with Crippen LogP contribution in [-0.4, -0.2) is 12.3 Å². The van der Waals surface area contributed by atoms with Crippen LogP contribution in [0.4, 0.5) is 45.5 Å². The molecule has 0 aromatic heterocycles. The SMILES string of the molecule is Cc1cc2c(cc1N1c3cc4c(cc3B3c5cc6c(cc5N(c5ccc7c(c5)C(C)(C)CCC7(C)C)c5cc(N7c8ccc(-c9ccc(C(C)(C)C)cc9)cc8C8(C)CCCCC78C)cc1c53)C(C)(C)CCC6(C)C)C(C)(C)CC(C)(C)C4)C(C)(C)CC2(C)C. The highest BCUT2D eigenvalue weighted by atomic mass is 15.3. The molecule has 3 aliphatic heterocycles. The molecular formula is C86H106BN3. The fourth-order valence-corrected chi connectivity index (χ4v) is 21.0. The number of benzene rings is 7. The van der Waals surface area contributed by atoms with Gasteiger partial charge < -0.3 is 14.7 Å². The zero-order valence-corrected chi connectivity index (χ0v) is 59.6. The third-order valence-corrected chi connectivity index (χ3v) is 26.0. The second-order valence-corrected chi connectivity index (χ2v) is 37.5. The van der Waals surface area contributed by atoms with Crippen LogP contribution in [0.3, 0.4) is 0 Å². The van der Waals surface area contributed by atoms with Crippen molar-refractivity contribution in [2.75, 3.05) is 14.7 Å². The van der Waals surface area contributed by atoms with Gasteiger partial charge in [0.1, 0.15) is 0 Å². The van der Waals surface area contributed by atoms with Crippen molar-refractivity contribution in [2.24, 2.45) is 5.41 Å². The van der Waals surface area contributed by atoms with Gasteiger partial charge in [-0.15, -0.1) is 0 Å². The maximum Gasteiger partial charge on any atom is 0.252 e. The molecule has 0 N–H and O–H groups in total. The van der Waals surface area contributed by atoms with E-state index in [9.17, 15) is 0 Å². The van der Waals surface area contributed by atoms with Crippen LogP contribution in [0.15, 0.2) is 109 Å². The van der Waals surface area contributed by atoms with Crippen molar-refractivity contribution in [3.05, 3.63) is 170 Å². The van der Waals surface area contributed by atoms with E-state index in [-0.39, 0.29) is 66.4 Å². The van der Waals surface area contributed by atoms with E-state index < -0.39 is 0 Å². The number of rotatable bonds is 4. The molecule has 15 rings (SSSR count). The number of hydrogen-bond donors (Lipinski definition) is 0. The summed E-state index contributed by atoms with van der Waals surface area (Å²) in [7, 11) is 0. The van der Waals surface area contributed by atoms with Crippen LogP contribution < -0.4 is 31.1 Å². The fourth-order valence-electron chi connectivity index (χ4n) is 21.0. The Morgan fingerprint density at radius 2 is 0.889 bits per heavy atom. The Balaban J connectivity index is 1.09. The summed E-state index contributed by atoms with van der Waals surface area (Å²) in [6, 6.07) is 46.8. The van der Waals surface area contributed by atoms with Crippen molar-refractivity contribution in [1.82, 2.24) is 0 Å². The van der Waals surface area contributed by atoms with Gasteiger partial charge in [0.05, 0.1) is 5.54 Å². The van der Waals surface area contributed by atoms with E-state index in [4.69, 9.17) is 0 Å². The molecule has 468 valence electrons. The van der Waals surface area contributed by atoms with Crippen molar-refractivity contribution in [1.29, 1.82) is 0 Å². The molecule has 3 nitrogen and oxygen atoms in total. The molecule has 0 bridgehead atoms. The van der Waals surface area contributed by atoms with E-state index in [2.05, 4.69) is 276 Å². The number of nitrogens with zero attached hydrogens (tertiary/aromatic N) is 3. The Labute approximate surface area is 544 Å². The van der Waals surface area contributed by atoms with E-state index in [1.165, 1.54) is 162 Å². The van der Waals surface area contributed by atoms with E-state index >= 15 is 0 Å². The lowest BCUT2D eigenvalue weighted by Gasteiger charge is -2.52. The van der Waals surface area contributed by atoms with E-state index in [1.54, 1.807) is 11.1 Å². The molecule has 1 saturated carbocycles. The highest BCUT2D eigenvalue weighted by Crippen LogP contribution is 2.64. The maximum absolute atomic E-state index is 2.91. The zero-order valence-electron chi connectivity index (χ0n) is 59.6. The lowest BCUT2D eigenvalue weighted by Crippen LogP contribution is -2.62. The van der Waals surface area contributed by atoms with Crippen LogP contribution in [0.5, 0.6) is 0 Å². The standard InChI is InChI=1S/C86H106BN3/c1-52-39-61-65(84(19,20)51-83(61,17)18)47-70(52)89-71-41-55-49-77(5,6)50-82(15,16)60(55)45-67(71)87-68-46-63-64(81(13,14)38-37-80(63,11)12)48-72(68)88(57-30-31-59-62(42-57)79(9,10)36-35-78(59,7)8)73-43-58(44-74(89)75(73)87)90-69-32-27-54(53-25-28-56(29-26-53)76(2,3)4)40-66(69)85(21)33-23-24-34-86(85,90)22/h25-32,39-48H,23-24,33-38,49-51H2,1-22H3. The van der Waals surface area contributed by atoms with Crippen LogP contribution in [0.1, 0.15) is 271 Å². The molecule has 0 spiro atoms. The first-order valence-corrected chi connectivity index (χ1v) is 35.3. The average molecular weight is 1190 g/mol. The van der Waals surface area contributed by atoms with Crippen LogP contribution in [0.25, 0.3) is 11.1 Å². The molecule has 3 heterocycles. The average Bonchev–Trinajstić information content (AvgIpc) is 0.959. The number of anilines is 8. The quantitative estimate of drug-likeness (QED) is 0.163. The minimum atomic E-state index is -0.192. The number of fused-ring (bicyclic) bond motifs is 11. The Kier molecular flexibility index (Phi) is 12.5. The summed E-state index contributed by atoms with van der Waals surface area (Å²) in [5.41, 5.74) is 34.3. The summed E-state index contributed by atoms with van der Waals surface area (Å²) in [5, 5.41) is 0. The third kappa shape index (κ3) is 8.54. The van der Waals surface area contributed by atoms with Gasteiger partial charge >= 0.3 is 0 Å². The van der Waals surface area contributed by atoms with Gasteiger partial charge in [-0.05, 0) is 264 Å². The molecule has 90 heavy (non-hydrogen) atoms. The Morgan fingerprint density at radius 3 is 1.52 bits per heavy atom. The van der Waals surface area contributed by atoms with Gasteiger partial charge in [0.25, 0.3) is 6.71 Å². The summed E-state index contributed by atoms with van der Waals surface area (Å²) >= 11 is 0. The fraction of sp³-hybridized carbons (Fsp3) is 0.512. The predicted molar refractivity (Wildman–Crippen MR) is 389 cm³/mol. The van der Waals surface area contributed by atoms with Gasteiger partial charge in [-0.25, -0.2) is 0 Å². The molecule has 7 aromatic rings. The van der Waals surface area contributed by atoms with E-state index in [1.807, 2.05) is 0 Å². The largest absolute Gasteiger partial charge is 0.334 e. The molecule has 0 saturated heterocycles. The van der Waals surface area contributed by atoms with Crippen LogP contribution in [0, 0.1) is 12.3 Å². The predicted octanol–water partition coefficient (Wildman–Crippen LogP) is 21.7. The van der Waals surface area contributed by atoms with Crippen LogP contribution >= 0.6 is 0 Å². The highest BCUT2D eigenvalue weighted by Gasteiger charge is 2.59. The summed E-state index contributed by atoms with van der Waals surface area (Å²) < 4.78 is 0. The first-order valence-electron chi connectivity index (χ1n) is 35.3. The van der Waals surface area contributed by atoms with Gasteiger partial charge in [0.15, 0.2) is 0 Å². The zero-order chi connectivity index (χ0) is 64.2. The van der Waals surface area contributed by atoms with Gasteiger partial charge in [0.2, 0.25) is 0 Å². The summed E-state index contributed by atoms with van der Waals surface area (Å²) in [6.07, 6.45) is 12.8. The molecule has 4 heteroatoms. The van der Waals surface area contributed by atoms with Crippen molar-refractivity contribution in [2.45, 2.75) is 277 Å². The Bertz CT molecular complexity index is 4220. The molecular weight excluding hydrogens is 1090 g/mol. The van der Waals surface area contributed by atoms with Gasteiger partial charge in [-0.1, -0.05) is 206 Å². The van der Waals surface area contributed by atoms with E-state index in [0.29, 0.717) is 0 Å². The summed E-state index contributed by atoms with van der Waals surface area (Å²) in [4.78, 5) is 8.61. The second kappa shape index (κ2) is 18.6. The lowest BCUT2D eigenvalue weighted by molar-refractivity contribution is 0.195. The molecule has 0 amide bonds. The molecule has 8 aliphatic rings. The first-order chi connectivity index (χ1) is 41.8. The smallest absolute Gasteiger partial charge is 0.252 e. The Hall–Kier alpha value is -6.00. The van der Waals surface area contributed by atoms with Crippen molar-refractivity contribution < 1.29 is 0 Å². The molecule has 2 unspecified atom stereocenters. The maximum atomic E-state index is 2.91. The van der Waals surface area contributed by atoms with Gasteiger partial charge in [-0.2, -0.15) is 0 Å². The monoisotopic (exact) mass is 1190 g/mol. The van der Waals surface area contributed by atoms with Crippen molar-refractivity contribution >= 4 is 68.6 Å². The number of aryl methyl sites for hydroxylation is 1. The molecule has 0 radical (unpaired) electrons. The minimum absolute atomic E-state index is 0.000902. The van der Waals surface area contributed by atoms with E-state index in [0.717, 1.165) is 32.1 Å². The van der Waals surface area contributed by atoms with Gasteiger partial charge in [0, 0.05) is 50.9 Å². The summed E-state index contributed by atoms with van der Waals surface area (Å²) in [5.74, 6) is 0. The Morgan fingerprint density at radius 1 is 0.378 bits per heavy atom. The molecule has 2 atom stereocenters.